The Morgan fingerprint density at radius 2 is 0.889 bits per heavy atom. The van der Waals surface area contributed by atoms with Gasteiger partial charge in [-0.05, 0) is 11.6 Å². The van der Waals surface area contributed by atoms with Crippen molar-refractivity contribution in [2.75, 3.05) is 0 Å². The van der Waals surface area contributed by atoms with Gasteiger partial charge in [-0.2, -0.15) is 30.7 Å². The second-order valence-electron chi connectivity index (χ2n) is 2.71. The van der Waals surface area contributed by atoms with Crippen molar-refractivity contribution in [3.05, 3.63) is 0 Å². The van der Waals surface area contributed by atoms with E-state index in [-0.39, 0.29) is 0 Å². The monoisotopic (exact) mass is 384 g/mol. The maximum Gasteiger partial charge on any atom is 0.441 e. The molecule has 0 N–H and O–H groups in total. The van der Waals surface area contributed by atoms with E-state index in [0.29, 0.717) is 0 Å². The van der Waals surface area contributed by atoms with Gasteiger partial charge >= 0.3 is 22.7 Å². The topological polar surface area (TPSA) is 9.23 Å². The second-order valence-corrected chi connectivity index (χ2v) is 6.01. The smallest absolute Gasteiger partial charge is 0.291 e. The van der Waals surface area contributed by atoms with Gasteiger partial charge in [0.25, 0.3) is 3.79 Å². The molecule has 0 saturated heterocycles. The minimum absolute atomic E-state index is 2.94. The van der Waals surface area contributed by atoms with Gasteiger partial charge in [0.2, 0.25) is 0 Å². The van der Waals surface area contributed by atoms with Crippen molar-refractivity contribution >= 4 is 58.0 Å². The van der Waals surface area contributed by atoms with Gasteiger partial charge < -0.3 is 0 Å². The summed E-state index contributed by atoms with van der Waals surface area (Å²) >= 11 is 23.0. The van der Waals surface area contributed by atoms with E-state index in [1.165, 1.54) is 0 Å². The van der Waals surface area contributed by atoms with Crippen LogP contribution in [0.2, 0.25) is 0 Å². The highest BCUT2D eigenvalue weighted by Crippen LogP contribution is 2.55. The number of rotatable bonds is 2. The van der Waals surface area contributed by atoms with Crippen molar-refractivity contribution in [1.29, 1.82) is 0 Å². The van der Waals surface area contributed by atoms with E-state index in [0.717, 1.165) is 0 Å². The average Bonchev–Trinajstić information content (AvgIpc) is 1.95. The summed E-state index contributed by atoms with van der Waals surface area (Å²) in [6.07, 6.45) is -12.5. The molecule has 0 spiro atoms. The van der Waals surface area contributed by atoms with E-state index in [4.69, 9.17) is 34.8 Å². The molecule has 13 heteroatoms. The Balaban J connectivity index is 5.58. The SMILES string of the molecule is FC(F)(F)C(Cl)(OC(F)(Cl)C(Cl)(Cl)Cl)C(F)(F)F. The second kappa shape index (κ2) is 5.04. The van der Waals surface area contributed by atoms with Crippen LogP contribution in [0, 0.1) is 0 Å². The molecule has 0 aromatic heterocycles. The van der Waals surface area contributed by atoms with E-state index >= 15 is 0 Å². The molecule has 0 amide bonds. The average molecular weight is 386 g/mol. The minimum Gasteiger partial charge on any atom is -0.291 e. The maximum atomic E-state index is 13.2. The van der Waals surface area contributed by atoms with Gasteiger partial charge in [-0.1, -0.05) is 46.4 Å². The third-order valence-corrected chi connectivity index (χ3v) is 3.21. The lowest BCUT2D eigenvalue weighted by Gasteiger charge is -2.37. The van der Waals surface area contributed by atoms with Crippen LogP contribution in [0.15, 0.2) is 0 Å². The van der Waals surface area contributed by atoms with Crippen LogP contribution in [0.3, 0.4) is 0 Å². The van der Waals surface area contributed by atoms with Gasteiger partial charge in [-0.15, -0.1) is 0 Å². The number of alkyl halides is 12. The van der Waals surface area contributed by atoms with Crippen molar-refractivity contribution in [3.63, 3.8) is 0 Å². The minimum atomic E-state index is -6.27. The van der Waals surface area contributed by atoms with Crippen molar-refractivity contribution < 1.29 is 35.5 Å². The lowest BCUT2D eigenvalue weighted by Crippen LogP contribution is -2.59. The fourth-order valence-corrected chi connectivity index (χ4v) is 0.888. The third-order valence-electron chi connectivity index (χ3n) is 1.33. The van der Waals surface area contributed by atoms with Crippen molar-refractivity contribution in [1.82, 2.24) is 0 Å². The summed E-state index contributed by atoms with van der Waals surface area (Å²) in [5, 5.41) is -9.94. The van der Waals surface area contributed by atoms with Crippen LogP contribution in [-0.4, -0.2) is 26.5 Å². The first-order valence-electron chi connectivity index (χ1n) is 3.43. The van der Waals surface area contributed by atoms with Crippen LogP contribution >= 0.6 is 58.0 Å². The van der Waals surface area contributed by atoms with E-state index in [1.54, 1.807) is 0 Å². The van der Waals surface area contributed by atoms with Crippen LogP contribution in [-0.2, 0) is 4.74 Å². The molecule has 0 fully saturated rings. The number of ether oxygens (including phenoxy) is 1. The van der Waals surface area contributed by atoms with Gasteiger partial charge in [-0.25, -0.2) is 0 Å². The molecule has 1 nitrogen and oxygen atoms in total. The molecule has 0 aliphatic carbocycles. The first-order chi connectivity index (χ1) is 7.46. The molecule has 0 heterocycles. The first-order valence-corrected chi connectivity index (χ1v) is 5.32. The Morgan fingerprint density at radius 3 is 1.06 bits per heavy atom. The Labute approximate surface area is 120 Å². The largest absolute Gasteiger partial charge is 0.441 e. The molecule has 0 aliphatic heterocycles. The quantitative estimate of drug-likeness (QED) is 0.463. The van der Waals surface area contributed by atoms with Crippen molar-refractivity contribution in [3.8, 4) is 0 Å². The summed E-state index contributed by atoms with van der Waals surface area (Å²) in [6.45, 7) is 0. The highest BCUT2D eigenvalue weighted by molar-refractivity contribution is 6.70. The lowest BCUT2D eigenvalue weighted by molar-refractivity contribution is -0.370. The van der Waals surface area contributed by atoms with Crippen LogP contribution in [0.1, 0.15) is 0 Å². The summed E-state index contributed by atoms with van der Waals surface area (Å²) in [7, 11) is 0. The van der Waals surface area contributed by atoms with Gasteiger partial charge in [0, 0.05) is 0 Å². The van der Waals surface area contributed by atoms with Crippen LogP contribution < -0.4 is 0 Å². The van der Waals surface area contributed by atoms with Gasteiger partial charge in [0.15, 0.2) is 0 Å². The molecular formula is C5Cl5F7O. The van der Waals surface area contributed by atoms with Gasteiger partial charge in [-0.3, -0.25) is 4.74 Å². The molecular weight excluding hydrogens is 386 g/mol. The zero-order chi connectivity index (χ0) is 15.2. The van der Waals surface area contributed by atoms with Crippen LogP contribution in [0.4, 0.5) is 30.7 Å². The Morgan fingerprint density at radius 1 is 0.611 bits per heavy atom. The molecule has 18 heavy (non-hydrogen) atoms. The fourth-order valence-electron chi connectivity index (χ4n) is 0.511. The summed E-state index contributed by atoms with van der Waals surface area (Å²) in [5.74, 6) is 0. The molecule has 1 unspecified atom stereocenters. The molecule has 0 radical (unpaired) electrons. The maximum absolute atomic E-state index is 13.2. The molecule has 0 rings (SSSR count). The predicted molar refractivity (Wildman–Crippen MR) is 51.8 cm³/mol. The van der Waals surface area contributed by atoms with Crippen molar-refractivity contribution in [2.45, 2.75) is 26.5 Å². The third kappa shape index (κ3) is 3.73. The van der Waals surface area contributed by atoms with Gasteiger partial charge in [0.1, 0.15) is 0 Å². The summed E-state index contributed by atoms with van der Waals surface area (Å²) in [4.78, 5) is 0. The number of hydrogen-bond acceptors (Lipinski definition) is 1. The lowest BCUT2D eigenvalue weighted by atomic mass is 10.3. The van der Waals surface area contributed by atoms with Crippen molar-refractivity contribution in [2.24, 2.45) is 0 Å². The van der Waals surface area contributed by atoms with Crippen LogP contribution in [0.25, 0.3) is 0 Å². The van der Waals surface area contributed by atoms with E-state index in [9.17, 15) is 30.7 Å². The molecule has 0 bridgehead atoms. The normalized spacial score (nSPS) is 18.7. The Bertz CT molecular complexity index is 291. The highest BCUT2D eigenvalue weighted by Gasteiger charge is 2.76. The summed E-state index contributed by atoms with van der Waals surface area (Å²) in [6, 6.07) is 0. The first kappa shape index (κ1) is 18.9. The zero-order valence-electron chi connectivity index (χ0n) is 7.44. The van der Waals surface area contributed by atoms with E-state index in [1.807, 2.05) is 0 Å². The fraction of sp³-hybridized carbons (Fsp3) is 1.00. The summed E-state index contributed by atoms with van der Waals surface area (Å²) in [5.41, 5.74) is 0. The molecule has 1 atom stereocenters. The molecule has 110 valence electrons. The Kier molecular flexibility index (Phi) is 5.29. The Hall–Kier alpha value is 0.920. The zero-order valence-corrected chi connectivity index (χ0v) is 11.2. The molecule has 0 saturated carbocycles. The molecule has 0 aliphatic rings. The summed E-state index contributed by atoms with van der Waals surface area (Å²) < 4.78 is 85.8. The van der Waals surface area contributed by atoms with E-state index in [2.05, 4.69) is 27.9 Å². The standard InChI is InChI=1S/C5Cl5F7O/c6-1(4(12,13)14,5(15,16)17)18-3(10,11)2(7,8)9. The van der Waals surface area contributed by atoms with Gasteiger partial charge in [0.05, 0.1) is 0 Å². The number of hydrogen-bond donors (Lipinski definition) is 0. The highest BCUT2D eigenvalue weighted by atomic mass is 35.6. The van der Waals surface area contributed by atoms with E-state index < -0.39 is 26.5 Å². The number of halogens is 12. The predicted octanol–water partition coefficient (Wildman–Crippen LogP) is 5.30. The van der Waals surface area contributed by atoms with Crippen LogP contribution in [0.5, 0.6) is 0 Å². The molecule has 0 aromatic rings. The molecule has 0 aromatic carbocycles.